The van der Waals surface area contributed by atoms with Crippen molar-refractivity contribution in [1.29, 1.82) is 0 Å². The number of rotatable bonds is 6. The lowest BCUT2D eigenvalue weighted by atomic mass is 10.1. The summed E-state index contributed by atoms with van der Waals surface area (Å²) in [5.41, 5.74) is 8.30. The van der Waals surface area contributed by atoms with Gasteiger partial charge in [0, 0.05) is 13.2 Å². The summed E-state index contributed by atoms with van der Waals surface area (Å²) >= 11 is 5.07. The van der Waals surface area contributed by atoms with Gasteiger partial charge >= 0.3 is 0 Å². The van der Waals surface area contributed by atoms with E-state index in [9.17, 15) is 0 Å². The molecule has 1 aromatic rings. The lowest BCUT2D eigenvalue weighted by molar-refractivity contribution is 0.0854. The molecule has 0 amide bonds. The number of aromatic nitrogens is 2. The van der Waals surface area contributed by atoms with Gasteiger partial charge in [-0.1, -0.05) is 12.2 Å². The van der Waals surface area contributed by atoms with Crippen molar-refractivity contribution in [3.63, 3.8) is 0 Å². The second-order valence-electron chi connectivity index (χ2n) is 4.15. The number of nitrogens with two attached hydrogens (primary N) is 1. The number of ether oxygens (including phenoxy) is 1. The van der Waals surface area contributed by atoms with E-state index in [2.05, 4.69) is 15.5 Å². The molecule has 1 heterocycles. The van der Waals surface area contributed by atoms with Crippen LogP contribution in [-0.2, 0) is 4.74 Å². The van der Waals surface area contributed by atoms with Crippen LogP contribution in [0.1, 0.15) is 30.7 Å². The normalized spacial score (nSPS) is 12.2. The highest BCUT2D eigenvalue weighted by atomic mass is 32.1. The van der Waals surface area contributed by atoms with E-state index in [-0.39, 0.29) is 6.10 Å². The minimum Gasteiger partial charge on any atom is -0.389 e. The van der Waals surface area contributed by atoms with Crippen molar-refractivity contribution in [3.05, 3.63) is 16.8 Å². The minimum atomic E-state index is 0.0950. The van der Waals surface area contributed by atoms with Crippen LogP contribution in [0.3, 0.4) is 0 Å². The Kier molecular flexibility index (Phi) is 5.43. The van der Waals surface area contributed by atoms with E-state index in [4.69, 9.17) is 22.7 Å². The molecule has 0 radical (unpaired) electrons. The second kappa shape index (κ2) is 6.61. The smallest absolute Gasteiger partial charge is 0.159 e. The van der Waals surface area contributed by atoms with Crippen molar-refractivity contribution in [1.82, 2.24) is 10.2 Å². The first-order valence-electron chi connectivity index (χ1n) is 5.96. The number of hydrogen-bond donors (Lipinski definition) is 2. The number of nitrogens with one attached hydrogen (secondary N) is 1. The van der Waals surface area contributed by atoms with Gasteiger partial charge < -0.3 is 15.8 Å². The fourth-order valence-corrected chi connectivity index (χ4v) is 1.87. The molecule has 1 aromatic heterocycles. The third kappa shape index (κ3) is 3.61. The molecule has 1 unspecified atom stereocenters. The molecule has 0 saturated carbocycles. The van der Waals surface area contributed by atoms with E-state index in [0.717, 1.165) is 16.8 Å². The van der Waals surface area contributed by atoms with Crippen LogP contribution in [0.4, 0.5) is 5.82 Å². The number of aryl methyl sites for hydroxylation is 1. The molecule has 0 bridgehead atoms. The molecule has 18 heavy (non-hydrogen) atoms. The fourth-order valence-electron chi connectivity index (χ4n) is 1.62. The Labute approximate surface area is 113 Å². The van der Waals surface area contributed by atoms with E-state index in [1.165, 1.54) is 0 Å². The molecule has 0 saturated heterocycles. The predicted octanol–water partition coefficient (Wildman–Crippen LogP) is 1.56. The van der Waals surface area contributed by atoms with E-state index in [1.54, 1.807) is 0 Å². The topological polar surface area (TPSA) is 73.1 Å². The first-order valence-corrected chi connectivity index (χ1v) is 6.37. The Hall–Kier alpha value is -1.27. The molecule has 1 rings (SSSR count). The second-order valence-corrected chi connectivity index (χ2v) is 4.58. The van der Waals surface area contributed by atoms with Gasteiger partial charge in [-0.15, -0.1) is 5.10 Å². The highest BCUT2D eigenvalue weighted by molar-refractivity contribution is 7.80. The summed E-state index contributed by atoms with van der Waals surface area (Å²) in [5, 5.41) is 11.4. The molecular weight excluding hydrogens is 248 g/mol. The predicted molar refractivity (Wildman–Crippen MR) is 77.0 cm³/mol. The molecular formula is C12H20N4OS. The summed E-state index contributed by atoms with van der Waals surface area (Å²) in [6.45, 7) is 9.11. The molecule has 0 aliphatic carbocycles. The molecule has 0 aromatic carbocycles. The Morgan fingerprint density at radius 2 is 2.11 bits per heavy atom. The van der Waals surface area contributed by atoms with Gasteiger partial charge in [0.25, 0.3) is 0 Å². The molecule has 100 valence electrons. The standard InChI is InChI=1S/C12H20N4OS/c1-5-17-7(2)6-14-12-10(11(13)18)8(3)9(4)15-16-12/h7H,5-6H2,1-4H3,(H2,13,18)(H,14,16). The highest BCUT2D eigenvalue weighted by Crippen LogP contribution is 2.18. The maximum absolute atomic E-state index is 5.74. The third-order valence-corrected chi connectivity index (χ3v) is 2.91. The highest BCUT2D eigenvalue weighted by Gasteiger charge is 2.14. The summed E-state index contributed by atoms with van der Waals surface area (Å²) in [5.74, 6) is 0.622. The van der Waals surface area contributed by atoms with Gasteiger partial charge in [0.15, 0.2) is 5.82 Å². The fraction of sp³-hybridized carbons (Fsp3) is 0.583. The van der Waals surface area contributed by atoms with Crippen molar-refractivity contribution in [2.75, 3.05) is 18.5 Å². The van der Waals surface area contributed by atoms with Crippen molar-refractivity contribution >= 4 is 23.0 Å². The summed E-state index contributed by atoms with van der Waals surface area (Å²) < 4.78 is 5.44. The van der Waals surface area contributed by atoms with Gasteiger partial charge in [0.1, 0.15) is 4.99 Å². The molecule has 0 spiro atoms. The number of thiocarbonyl (C=S) groups is 1. The van der Waals surface area contributed by atoms with Crippen molar-refractivity contribution < 1.29 is 4.74 Å². The molecule has 0 aliphatic rings. The SMILES string of the molecule is CCOC(C)CNc1nnc(C)c(C)c1C(N)=S. The largest absolute Gasteiger partial charge is 0.389 e. The monoisotopic (exact) mass is 268 g/mol. The van der Waals surface area contributed by atoms with Gasteiger partial charge in [-0.05, 0) is 33.3 Å². The Balaban J connectivity index is 2.89. The van der Waals surface area contributed by atoms with Gasteiger partial charge in [0.05, 0.1) is 17.4 Å². The van der Waals surface area contributed by atoms with Crippen LogP contribution in [0.2, 0.25) is 0 Å². The Morgan fingerprint density at radius 1 is 1.44 bits per heavy atom. The average Bonchev–Trinajstić information content (AvgIpc) is 2.30. The van der Waals surface area contributed by atoms with Crippen LogP contribution in [-0.4, -0.2) is 34.4 Å². The zero-order chi connectivity index (χ0) is 13.7. The molecule has 3 N–H and O–H groups in total. The third-order valence-electron chi connectivity index (χ3n) is 2.71. The van der Waals surface area contributed by atoms with E-state index in [0.29, 0.717) is 24.0 Å². The molecule has 5 nitrogen and oxygen atoms in total. The van der Waals surface area contributed by atoms with Gasteiger partial charge in [-0.2, -0.15) is 5.10 Å². The van der Waals surface area contributed by atoms with Crippen LogP contribution in [0.5, 0.6) is 0 Å². The van der Waals surface area contributed by atoms with Crippen molar-refractivity contribution in [2.24, 2.45) is 5.73 Å². The summed E-state index contributed by atoms with van der Waals surface area (Å²) in [6, 6.07) is 0. The molecule has 6 heteroatoms. The maximum Gasteiger partial charge on any atom is 0.159 e. The minimum absolute atomic E-state index is 0.0950. The van der Waals surface area contributed by atoms with Crippen LogP contribution in [0, 0.1) is 13.8 Å². The van der Waals surface area contributed by atoms with Gasteiger partial charge in [-0.3, -0.25) is 0 Å². The van der Waals surface area contributed by atoms with Crippen LogP contribution in [0.15, 0.2) is 0 Å². The maximum atomic E-state index is 5.74. The lowest BCUT2D eigenvalue weighted by Gasteiger charge is -2.16. The number of hydrogen-bond acceptors (Lipinski definition) is 5. The summed E-state index contributed by atoms with van der Waals surface area (Å²) in [4.78, 5) is 0.331. The van der Waals surface area contributed by atoms with Gasteiger partial charge in [-0.25, -0.2) is 0 Å². The van der Waals surface area contributed by atoms with E-state index >= 15 is 0 Å². The average molecular weight is 268 g/mol. The number of nitrogens with zero attached hydrogens (tertiary/aromatic N) is 2. The molecule has 0 fully saturated rings. The summed E-state index contributed by atoms with van der Waals surface area (Å²) in [6.07, 6.45) is 0.0950. The van der Waals surface area contributed by atoms with Crippen molar-refractivity contribution in [3.8, 4) is 0 Å². The van der Waals surface area contributed by atoms with Crippen LogP contribution in [0.25, 0.3) is 0 Å². The first kappa shape index (κ1) is 14.8. The van der Waals surface area contributed by atoms with Crippen molar-refractivity contribution in [2.45, 2.75) is 33.8 Å². The number of anilines is 1. The quantitative estimate of drug-likeness (QED) is 0.763. The lowest BCUT2D eigenvalue weighted by Crippen LogP contribution is -2.24. The van der Waals surface area contributed by atoms with Crippen LogP contribution >= 0.6 is 12.2 Å². The summed E-state index contributed by atoms with van der Waals surface area (Å²) in [7, 11) is 0. The zero-order valence-corrected chi connectivity index (χ0v) is 12.1. The van der Waals surface area contributed by atoms with E-state index < -0.39 is 0 Å². The molecule has 1 atom stereocenters. The van der Waals surface area contributed by atoms with Gasteiger partial charge in [0.2, 0.25) is 0 Å². The molecule has 0 aliphatic heterocycles. The zero-order valence-electron chi connectivity index (χ0n) is 11.3. The van der Waals surface area contributed by atoms with E-state index in [1.807, 2.05) is 27.7 Å². The Bertz CT molecular complexity index is 436. The van der Waals surface area contributed by atoms with Crippen LogP contribution < -0.4 is 11.1 Å². The first-order chi connectivity index (χ1) is 8.47. The Morgan fingerprint density at radius 3 is 2.67 bits per heavy atom.